The number of rotatable bonds is 6. The van der Waals surface area contributed by atoms with E-state index in [0.29, 0.717) is 13.2 Å². The van der Waals surface area contributed by atoms with Crippen molar-refractivity contribution in [3.63, 3.8) is 0 Å². The quantitative estimate of drug-likeness (QED) is 0.715. The fourth-order valence-corrected chi connectivity index (χ4v) is 2.16. The number of carbonyl (C=O) groups excluding carboxylic acids is 1. The van der Waals surface area contributed by atoms with Crippen molar-refractivity contribution in [3.05, 3.63) is 0 Å². The molecule has 0 saturated carbocycles. The molecule has 5 heteroatoms. The SMILES string of the molecule is CCOC(=O)CC(O)CN1CCCOC(CC)C1. The van der Waals surface area contributed by atoms with Crippen LogP contribution in [0.5, 0.6) is 0 Å². The van der Waals surface area contributed by atoms with Crippen LogP contribution in [-0.4, -0.2) is 61.0 Å². The van der Waals surface area contributed by atoms with Gasteiger partial charge in [-0.25, -0.2) is 0 Å². The zero-order valence-corrected chi connectivity index (χ0v) is 11.4. The molecule has 0 spiro atoms. The van der Waals surface area contributed by atoms with Crippen molar-refractivity contribution in [2.75, 3.05) is 32.8 Å². The van der Waals surface area contributed by atoms with Gasteiger partial charge in [-0.3, -0.25) is 9.69 Å². The van der Waals surface area contributed by atoms with E-state index in [0.717, 1.165) is 32.5 Å². The van der Waals surface area contributed by atoms with E-state index >= 15 is 0 Å². The molecule has 18 heavy (non-hydrogen) atoms. The van der Waals surface area contributed by atoms with Crippen LogP contribution in [0.4, 0.5) is 0 Å². The maximum Gasteiger partial charge on any atom is 0.308 e. The van der Waals surface area contributed by atoms with E-state index in [2.05, 4.69) is 11.8 Å². The van der Waals surface area contributed by atoms with Crippen molar-refractivity contribution in [1.29, 1.82) is 0 Å². The van der Waals surface area contributed by atoms with Crippen molar-refractivity contribution in [3.8, 4) is 0 Å². The van der Waals surface area contributed by atoms with Crippen LogP contribution < -0.4 is 0 Å². The lowest BCUT2D eigenvalue weighted by Crippen LogP contribution is -2.38. The van der Waals surface area contributed by atoms with Crippen LogP contribution in [0, 0.1) is 0 Å². The molecule has 1 N–H and O–H groups in total. The van der Waals surface area contributed by atoms with E-state index in [-0.39, 0.29) is 18.5 Å². The predicted molar refractivity (Wildman–Crippen MR) is 68.3 cm³/mol. The molecule has 1 aliphatic heterocycles. The summed E-state index contributed by atoms with van der Waals surface area (Å²) in [5.41, 5.74) is 0. The Morgan fingerprint density at radius 1 is 1.56 bits per heavy atom. The minimum absolute atomic E-state index is 0.0714. The summed E-state index contributed by atoms with van der Waals surface area (Å²) in [4.78, 5) is 13.4. The second-order valence-corrected chi connectivity index (χ2v) is 4.68. The molecule has 1 rings (SSSR count). The van der Waals surface area contributed by atoms with Gasteiger partial charge in [0.25, 0.3) is 0 Å². The molecule has 0 amide bonds. The van der Waals surface area contributed by atoms with E-state index in [1.54, 1.807) is 6.92 Å². The van der Waals surface area contributed by atoms with Gasteiger partial charge in [0.05, 0.1) is 25.2 Å². The van der Waals surface area contributed by atoms with Crippen LogP contribution in [0.1, 0.15) is 33.1 Å². The molecule has 2 unspecified atom stereocenters. The molecule has 106 valence electrons. The van der Waals surface area contributed by atoms with Crippen molar-refractivity contribution in [1.82, 2.24) is 4.90 Å². The molecule has 5 nitrogen and oxygen atoms in total. The monoisotopic (exact) mass is 259 g/mol. The average Bonchev–Trinajstić information content (AvgIpc) is 2.54. The minimum atomic E-state index is -0.653. The Morgan fingerprint density at radius 3 is 3.00 bits per heavy atom. The third kappa shape index (κ3) is 5.80. The highest BCUT2D eigenvalue weighted by Crippen LogP contribution is 2.10. The first-order valence-electron chi connectivity index (χ1n) is 6.83. The largest absolute Gasteiger partial charge is 0.466 e. The Bertz CT molecular complexity index is 247. The lowest BCUT2D eigenvalue weighted by atomic mass is 10.2. The highest BCUT2D eigenvalue weighted by atomic mass is 16.5. The van der Waals surface area contributed by atoms with Gasteiger partial charge in [-0.2, -0.15) is 0 Å². The predicted octanol–water partition coefficient (Wildman–Crippen LogP) is 0.801. The minimum Gasteiger partial charge on any atom is -0.466 e. The second-order valence-electron chi connectivity index (χ2n) is 4.68. The fraction of sp³-hybridized carbons (Fsp3) is 0.923. The summed E-state index contributed by atoms with van der Waals surface area (Å²) < 4.78 is 10.5. The van der Waals surface area contributed by atoms with Crippen molar-refractivity contribution in [2.24, 2.45) is 0 Å². The third-order valence-corrected chi connectivity index (χ3v) is 3.07. The Balaban J connectivity index is 2.32. The van der Waals surface area contributed by atoms with Crippen LogP contribution >= 0.6 is 0 Å². The molecule has 0 aromatic carbocycles. The van der Waals surface area contributed by atoms with E-state index in [4.69, 9.17) is 9.47 Å². The highest BCUT2D eigenvalue weighted by Gasteiger charge is 2.21. The summed E-state index contributed by atoms with van der Waals surface area (Å²) in [7, 11) is 0. The summed E-state index contributed by atoms with van der Waals surface area (Å²) in [6.45, 7) is 7.26. The van der Waals surface area contributed by atoms with E-state index in [1.165, 1.54) is 0 Å². The summed E-state index contributed by atoms with van der Waals surface area (Å²) in [5.74, 6) is -0.330. The molecular formula is C13H25NO4. The Labute approximate surface area is 109 Å². The molecule has 0 aromatic rings. The maximum atomic E-state index is 11.3. The maximum absolute atomic E-state index is 11.3. The Kier molecular flexibility index (Phi) is 7.23. The standard InChI is InChI=1S/C13H25NO4/c1-3-12-10-14(6-5-7-18-12)9-11(15)8-13(16)17-4-2/h11-12,15H,3-10H2,1-2H3. The molecule has 1 aliphatic rings. The first-order valence-corrected chi connectivity index (χ1v) is 6.83. The molecule has 2 atom stereocenters. The third-order valence-electron chi connectivity index (χ3n) is 3.07. The summed E-state index contributed by atoms with van der Waals surface area (Å²) in [5, 5.41) is 9.87. The summed E-state index contributed by atoms with van der Waals surface area (Å²) in [6, 6.07) is 0. The number of β-amino-alcohol motifs (C(OH)–C–C–N with tert-alkyl or cyclic N) is 1. The average molecular weight is 259 g/mol. The first kappa shape index (κ1) is 15.4. The van der Waals surface area contributed by atoms with Crippen molar-refractivity contribution in [2.45, 2.75) is 45.3 Å². The molecular weight excluding hydrogens is 234 g/mol. The molecule has 0 aromatic heterocycles. The first-order chi connectivity index (χ1) is 8.65. The van der Waals surface area contributed by atoms with Gasteiger partial charge in [0.15, 0.2) is 0 Å². The van der Waals surface area contributed by atoms with Crippen LogP contribution in [0.2, 0.25) is 0 Å². The van der Waals surface area contributed by atoms with Gasteiger partial charge >= 0.3 is 5.97 Å². The van der Waals surface area contributed by atoms with Crippen LogP contribution in [0.25, 0.3) is 0 Å². The number of hydrogen-bond donors (Lipinski definition) is 1. The Hall–Kier alpha value is -0.650. The number of aliphatic hydroxyl groups is 1. The van der Waals surface area contributed by atoms with Gasteiger partial charge in [0, 0.05) is 26.2 Å². The van der Waals surface area contributed by atoms with Crippen LogP contribution in [-0.2, 0) is 14.3 Å². The summed E-state index contributed by atoms with van der Waals surface area (Å²) >= 11 is 0. The van der Waals surface area contributed by atoms with E-state index < -0.39 is 6.10 Å². The molecule has 1 heterocycles. The van der Waals surface area contributed by atoms with Crippen LogP contribution in [0.15, 0.2) is 0 Å². The number of ether oxygens (including phenoxy) is 2. The topological polar surface area (TPSA) is 59.0 Å². The number of nitrogens with zero attached hydrogens (tertiary/aromatic N) is 1. The number of esters is 1. The molecule has 0 radical (unpaired) electrons. The van der Waals surface area contributed by atoms with Gasteiger partial charge in [-0.15, -0.1) is 0 Å². The highest BCUT2D eigenvalue weighted by molar-refractivity contribution is 5.69. The van der Waals surface area contributed by atoms with Gasteiger partial charge in [-0.1, -0.05) is 6.92 Å². The fourth-order valence-electron chi connectivity index (χ4n) is 2.16. The molecule has 0 bridgehead atoms. The zero-order valence-electron chi connectivity index (χ0n) is 11.4. The normalized spacial score (nSPS) is 23.4. The Morgan fingerprint density at radius 2 is 2.33 bits per heavy atom. The van der Waals surface area contributed by atoms with Crippen molar-refractivity contribution >= 4 is 5.97 Å². The lowest BCUT2D eigenvalue weighted by Gasteiger charge is -2.25. The number of aliphatic hydroxyl groups excluding tert-OH is 1. The molecule has 0 aliphatic carbocycles. The molecule has 1 fully saturated rings. The van der Waals surface area contributed by atoms with Crippen LogP contribution in [0.3, 0.4) is 0 Å². The van der Waals surface area contributed by atoms with E-state index in [1.807, 2.05) is 0 Å². The van der Waals surface area contributed by atoms with Gasteiger partial charge < -0.3 is 14.6 Å². The zero-order chi connectivity index (χ0) is 13.4. The smallest absolute Gasteiger partial charge is 0.308 e. The second kappa shape index (κ2) is 8.45. The number of carbonyl (C=O) groups is 1. The summed E-state index contributed by atoms with van der Waals surface area (Å²) in [6.07, 6.45) is 1.61. The van der Waals surface area contributed by atoms with Gasteiger partial charge in [0.1, 0.15) is 0 Å². The molecule has 1 saturated heterocycles. The van der Waals surface area contributed by atoms with Gasteiger partial charge in [0.2, 0.25) is 0 Å². The van der Waals surface area contributed by atoms with Gasteiger partial charge in [-0.05, 0) is 19.8 Å². The van der Waals surface area contributed by atoms with E-state index in [9.17, 15) is 9.90 Å². The number of hydrogen-bond acceptors (Lipinski definition) is 5. The van der Waals surface area contributed by atoms with Crippen molar-refractivity contribution < 1.29 is 19.4 Å². The lowest BCUT2D eigenvalue weighted by molar-refractivity contribution is -0.145.